The maximum absolute atomic E-state index is 15.1. The van der Waals surface area contributed by atoms with Crippen molar-refractivity contribution in [3.8, 4) is 22.8 Å². The van der Waals surface area contributed by atoms with Gasteiger partial charge in [0.15, 0.2) is 11.0 Å². The van der Waals surface area contributed by atoms with Crippen molar-refractivity contribution in [2.45, 2.75) is 26.1 Å². The second kappa shape index (κ2) is 13.0. The highest BCUT2D eigenvalue weighted by Gasteiger charge is 2.33. The normalized spacial score (nSPS) is 14.2. The standard InChI is InChI=1S/C30H27F4N7O3S/c1-4-5-18-6-8-21(39(2)3)15-25(18)41-26(42)16-45-29(41)37-28(43)36-24-13-7-19(14-23(24)31)27-35-17-40(38-27)20-9-11-22(12-10-20)44-30(32,33)34/h6-15,17H,4-5,16H2,1-3H3,(H,36,43). The average molecular weight is 642 g/mol. The van der Waals surface area contributed by atoms with Crippen molar-refractivity contribution < 1.29 is 31.9 Å². The molecule has 1 saturated heterocycles. The van der Waals surface area contributed by atoms with Gasteiger partial charge < -0.3 is 15.0 Å². The molecule has 10 nitrogen and oxygen atoms in total. The van der Waals surface area contributed by atoms with Crippen molar-refractivity contribution in [1.82, 2.24) is 14.8 Å². The minimum atomic E-state index is -4.81. The Morgan fingerprint density at radius 3 is 2.53 bits per heavy atom. The number of rotatable bonds is 8. The number of urea groups is 1. The van der Waals surface area contributed by atoms with Crippen LogP contribution in [0.3, 0.4) is 0 Å². The molecule has 45 heavy (non-hydrogen) atoms. The molecule has 0 saturated carbocycles. The summed E-state index contributed by atoms with van der Waals surface area (Å²) in [6.07, 6.45) is -1.90. The zero-order chi connectivity index (χ0) is 32.3. The van der Waals surface area contributed by atoms with Gasteiger partial charge in [0, 0.05) is 25.3 Å². The van der Waals surface area contributed by atoms with Gasteiger partial charge in [-0.05, 0) is 66.6 Å². The number of thioether (sulfide) groups is 1. The molecule has 0 spiro atoms. The molecule has 0 aliphatic carbocycles. The topological polar surface area (TPSA) is 105 Å². The second-order valence-corrected chi connectivity index (χ2v) is 11.0. The van der Waals surface area contributed by atoms with Crippen LogP contribution >= 0.6 is 11.8 Å². The van der Waals surface area contributed by atoms with Crippen molar-refractivity contribution in [1.29, 1.82) is 0 Å². The van der Waals surface area contributed by atoms with Crippen molar-refractivity contribution in [3.63, 3.8) is 0 Å². The van der Waals surface area contributed by atoms with Crippen LogP contribution < -0.4 is 19.9 Å². The summed E-state index contributed by atoms with van der Waals surface area (Å²) in [4.78, 5) is 37.4. The van der Waals surface area contributed by atoms with E-state index in [9.17, 15) is 22.8 Å². The molecule has 4 aromatic rings. The van der Waals surface area contributed by atoms with Crippen molar-refractivity contribution in [3.05, 3.63) is 78.4 Å². The number of aryl methyl sites for hydroxylation is 1. The number of aromatic nitrogens is 3. The van der Waals surface area contributed by atoms with Crippen LogP contribution in [0, 0.1) is 5.82 Å². The van der Waals surface area contributed by atoms with E-state index < -0.39 is 18.2 Å². The minimum absolute atomic E-state index is 0.109. The molecule has 15 heteroatoms. The third-order valence-corrected chi connectivity index (χ3v) is 7.53. The molecule has 1 aromatic heterocycles. The molecule has 1 aliphatic heterocycles. The fourth-order valence-corrected chi connectivity index (χ4v) is 5.37. The highest BCUT2D eigenvalue weighted by molar-refractivity contribution is 8.15. The maximum atomic E-state index is 15.1. The number of nitrogens with zero attached hydrogens (tertiary/aromatic N) is 6. The van der Waals surface area contributed by atoms with Crippen LogP contribution in [0.1, 0.15) is 18.9 Å². The summed E-state index contributed by atoms with van der Waals surface area (Å²) in [6.45, 7) is 2.03. The Morgan fingerprint density at radius 1 is 1.11 bits per heavy atom. The molecule has 0 unspecified atom stereocenters. The van der Waals surface area contributed by atoms with Gasteiger partial charge in [-0.2, -0.15) is 4.99 Å². The molecule has 1 N–H and O–H groups in total. The van der Waals surface area contributed by atoms with Gasteiger partial charge in [-0.3, -0.25) is 9.69 Å². The Kier molecular flexibility index (Phi) is 9.09. The number of carbonyl (C=O) groups excluding carboxylic acids is 2. The number of halogens is 4. The van der Waals surface area contributed by atoms with Gasteiger partial charge >= 0.3 is 12.4 Å². The van der Waals surface area contributed by atoms with E-state index in [-0.39, 0.29) is 34.1 Å². The van der Waals surface area contributed by atoms with E-state index in [0.717, 1.165) is 54.1 Å². The highest BCUT2D eigenvalue weighted by atomic mass is 32.2. The summed E-state index contributed by atoms with van der Waals surface area (Å²) in [5, 5.41) is 6.88. The Morgan fingerprint density at radius 2 is 1.87 bits per heavy atom. The highest BCUT2D eigenvalue weighted by Crippen LogP contribution is 2.34. The summed E-state index contributed by atoms with van der Waals surface area (Å²) >= 11 is 1.12. The molecule has 0 radical (unpaired) electrons. The molecule has 3 amide bonds. The van der Waals surface area contributed by atoms with Gasteiger partial charge in [-0.1, -0.05) is 31.2 Å². The zero-order valence-electron chi connectivity index (χ0n) is 24.3. The molecular weight excluding hydrogens is 614 g/mol. The lowest BCUT2D eigenvalue weighted by atomic mass is 10.1. The van der Waals surface area contributed by atoms with Gasteiger partial charge in [-0.15, -0.1) is 18.3 Å². The van der Waals surface area contributed by atoms with Crippen LogP contribution in [0.4, 0.5) is 39.4 Å². The summed E-state index contributed by atoms with van der Waals surface area (Å²) in [5.41, 5.74) is 3.03. The number of anilines is 3. The molecule has 3 aromatic carbocycles. The summed E-state index contributed by atoms with van der Waals surface area (Å²) in [6, 6.07) is 13.9. The number of ether oxygens (including phenoxy) is 1. The van der Waals surface area contributed by atoms with Crippen LogP contribution in [0.15, 0.2) is 72.0 Å². The Hall–Kier alpha value is -4.92. The zero-order valence-corrected chi connectivity index (χ0v) is 25.1. The van der Waals surface area contributed by atoms with Crippen molar-refractivity contribution in [2.75, 3.05) is 35.0 Å². The number of hydrogen-bond acceptors (Lipinski definition) is 7. The molecular formula is C30H27F4N7O3S. The van der Waals surface area contributed by atoms with Gasteiger partial charge in [0.25, 0.3) is 0 Å². The van der Waals surface area contributed by atoms with E-state index in [2.05, 4.69) is 25.1 Å². The summed E-state index contributed by atoms with van der Waals surface area (Å²) in [5.74, 6) is -1.13. The smallest absolute Gasteiger partial charge is 0.406 e. The minimum Gasteiger partial charge on any atom is -0.406 e. The number of benzene rings is 3. The first-order valence-corrected chi connectivity index (χ1v) is 14.6. The molecule has 5 rings (SSSR count). The number of amidine groups is 1. The lowest BCUT2D eigenvalue weighted by Gasteiger charge is -2.22. The number of alkyl halides is 3. The largest absolute Gasteiger partial charge is 0.573 e. The third-order valence-electron chi connectivity index (χ3n) is 6.60. The number of hydrogen-bond donors (Lipinski definition) is 1. The first-order valence-electron chi connectivity index (χ1n) is 13.7. The molecule has 234 valence electrons. The Labute approximate surface area is 259 Å². The summed E-state index contributed by atoms with van der Waals surface area (Å²) in [7, 11) is 3.78. The monoisotopic (exact) mass is 641 g/mol. The number of amides is 3. The molecule has 2 heterocycles. The van der Waals surface area contributed by atoms with E-state index in [1.54, 1.807) is 0 Å². The van der Waals surface area contributed by atoms with E-state index in [0.29, 0.717) is 16.9 Å². The van der Waals surface area contributed by atoms with E-state index in [4.69, 9.17) is 0 Å². The van der Waals surface area contributed by atoms with Gasteiger partial charge in [0.1, 0.15) is 17.9 Å². The van der Waals surface area contributed by atoms with Crippen LogP contribution in [0.25, 0.3) is 17.1 Å². The second-order valence-electron chi connectivity index (χ2n) is 10.0. The molecule has 0 bridgehead atoms. The van der Waals surface area contributed by atoms with E-state index in [1.807, 2.05) is 44.1 Å². The average Bonchev–Trinajstić information content (AvgIpc) is 3.61. The van der Waals surface area contributed by atoms with Crippen molar-refractivity contribution >= 4 is 45.9 Å². The Bertz CT molecular complexity index is 1760. The van der Waals surface area contributed by atoms with E-state index in [1.165, 1.54) is 40.2 Å². The first-order chi connectivity index (χ1) is 21.4. The molecule has 1 fully saturated rings. The van der Waals surface area contributed by atoms with Gasteiger partial charge in [-0.25, -0.2) is 18.9 Å². The fraction of sp³-hybridized carbons (Fsp3) is 0.233. The van der Waals surface area contributed by atoms with Gasteiger partial charge in [0.05, 0.1) is 22.8 Å². The predicted molar refractivity (Wildman–Crippen MR) is 165 cm³/mol. The Balaban J connectivity index is 1.31. The quantitative estimate of drug-likeness (QED) is 0.215. The maximum Gasteiger partial charge on any atom is 0.573 e. The first kappa shape index (κ1) is 31.5. The molecule has 0 atom stereocenters. The van der Waals surface area contributed by atoms with Crippen molar-refractivity contribution in [2.24, 2.45) is 4.99 Å². The van der Waals surface area contributed by atoms with Crippen LogP contribution in [-0.4, -0.2) is 58.1 Å². The van der Waals surface area contributed by atoms with Crippen LogP contribution in [0.2, 0.25) is 0 Å². The summed E-state index contributed by atoms with van der Waals surface area (Å²) < 4.78 is 57.5. The number of nitrogens with one attached hydrogen (secondary N) is 1. The fourth-order valence-electron chi connectivity index (χ4n) is 4.51. The number of aliphatic imine (C=N–C) groups is 1. The van der Waals surface area contributed by atoms with Gasteiger partial charge in [0.2, 0.25) is 5.91 Å². The van der Waals surface area contributed by atoms with E-state index >= 15 is 4.39 Å². The SMILES string of the molecule is CCCc1ccc(N(C)C)cc1N1C(=O)CSC1=NC(=O)Nc1ccc(-c2ncn(-c3ccc(OC(F)(F)F)cc3)n2)cc1F. The predicted octanol–water partition coefficient (Wildman–Crippen LogP) is 6.66. The lowest BCUT2D eigenvalue weighted by Crippen LogP contribution is -2.31. The molecule has 1 aliphatic rings. The van der Waals surface area contributed by atoms with Crippen LogP contribution in [-0.2, 0) is 11.2 Å². The van der Waals surface area contributed by atoms with Crippen LogP contribution in [0.5, 0.6) is 5.75 Å². The third kappa shape index (κ3) is 7.42. The number of carbonyl (C=O) groups is 2. The lowest BCUT2D eigenvalue weighted by molar-refractivity contribution is -0.274.